The van der Waals surface area contributed by atoms with Crippen LogP contribution in [0.1, 0.15) is 56.9 Å². The van der Waals surface area contributed by atoms with E-state index in [1.165, 1.54) is 25.7 Å². The molecule has 1 saturated carbocycles. The summed E-state index contributed by atoms with van der Waals surface area (Å²) in [6, 6.07) is 8.12. The van der Waals surface area contributed by atoms with Crippen LogP contribution >= 0.6 is 27.7 Å². The first kappa shape index (κ1) is 18.4. The Labute approximate surface area is 167 Å². The molecule has 2 heterocycles. The van der Waals surface area contributed by atoms with Gasteiger partial charge in [0.15, 0.2) is 0 Å². The topological polar surface area (TPSA) is 49.4 Å². The van der Waals surface area contributed by atoms with Gasteiger partial charge < -0.3 is 10.2 Å². The van der Waals surface area contributed by atoms with Crippen molar-refractivity contribution in [3.05, 3.63) is 34.3 Å². The van der Waals surface area contributed by atoms with Crippen LogP contribution in [0, 0.1) is 0 Å². The van der Waals surface area contributed by atoms with Gasteiger partial charge in [-0.15, -0.1) is 11.8 Å². The minimum Gasteiger partial charge on any atom is -0.352 e. The van der Waals surface area contributed by atoms with E-state index in [0.717, 1.165) is 29.3 Å². The van der Waals surface area contributed by atoms with Crippen molar-refractivity contribution >= 4 is 39.5 Å². The molecule has 2 amide bonds. The molecule has 1 aliphatic carbocycles. The highest BCUT2D eigenvalue weighted by molar-refractivity contribution is 9.10. The second-order valence-corrected chi connectivity index (χ2v) is 9.79. The molecule has 2 aliphatic heterocycles. The molecule has 0 radical (unpaired) electrons. The smallest absolute Gasteiger partial charge is 0.243 e. The highest BCUT2D eigenvalue weighted by Crippen LogP contribution is 2.54. The van der Waals surface area contributed by atoms with Gasteiger partial charge in [0.1, 0.15) is 10.9 Å². The zero-order chi connectivity index (χ0) is 18.1. The van der Waals surface area contributed by atoms with Crippen LogP contribution in [0.5, 0.6) is 0 Å². The first-order valence-electron chi connectivity index (χ1n) is 9.63. The van der Waals surface area contributed by atoms with Crippen molar-refractivity contribution in [1.29, 1.82) is 0 Å². The van der Waals surface area contributed by atoms with Gasteiger partial charge in [-0.2, -0.15) is 0 Å². The Hall–Kier alpha value is -1.01. The van der Waals surface area contributed by atoms with Gasteiger partial charge in [0.2, 0.25) is 11.8 Å². The Morgan fingerprint density at radius 2 is 1.85 bits per heavy atom. The lowest BCUT2D eigenvalue weighted by molar-refractivity contribution is -0.138. The summed E-state index contributed by atoms with van der Waals surface area (Å²) < 4.78 is 1.03. The summed E-state index contributed by atoms with van der Waals surface area (Å²) in [5, 5.41) is 3.26. The highest BCUT2D eigenvalue weighted by Gasteiger charge is 2.56. The number of thioether (sulfide) groups is 1. The van der Waals surface area contributed by atoms with Crippen LogP contribution < -0.4 is 5.32 Å². The van der Waals surface area contributed by atoms with Crippen molar-refractivity contribution in [1.82, 2.24) is 10.2 Å². The quantitative estimate of drug-likeness (QED) is 0.722. The monoisotopic (exact) mass is 436 g/mol. The lowest BCUT2D eigenvalue weighted by Gasteiger charge is -2.34. The van der Waals surface area contributed by atoms with Gasteiger partial charge in [0.05, 0.1) is 0 Å². The first-order valence-corrected chi connectivity index (χ1v) is 11.4. The number of rotatable bonds is 3. The molecular formula is C20H25BrN2O2S. The van der Waals surface area contributed by atoms with Crippen molar-refractivity contribution < 1.29 is 9.59 Å². The van der Waals surface area contributed by atoms with E-state index < -0.39 is 0 Å². The second kappa shape index (κ2) is 7.55. The van der Waals surface area contributed by atoms with Gasteiger partial charge in [-0.1, -0.05) is 53.7 Å². The Bertz CT molecular complexity index is 688. The summed E-state index contributed by atoms with van der Waals surface area (Å²) in [6.45, 7) is 0. The van der Waals surface area contributed by atoms with Crippen molar-refractivity contribution in [2.24, 2.45) is 0 Å². The average molecular weight is 437 g/mol. The standard InChI is InChI=1S/C20H25BrN2O2S/c21-15-9-7-14(8-10-15)20-12-11-18(24)23(20)17(13-26-20)19(25)22-16-5-3-1-2-4-6-16/h7-10,16-17H,1-6,11-13H2,(H,22,25)/t17-,20-/m0/s1. The van der Waals surface area contributed by atoms with Crippen molar-refractivity contribution in [3.63, 3.8) is 0 Å². The van der Waals surface area contributed by atoms with E-state index in [1.807, 2.05) is 17.0 Å². The van der Waals surface area contributed by atoms with Crippen LogP contribution in [0.3, 0.4) is 0 Å². The van der Waals surface area contributed by atoms with Gasteiger partial charge in [-0.3, -0.25) is 9.59 Å². The average Bonchev–Trinajstić information content (AvgIpc) is 3.06. The maximum Gasteiger partial charge on any atom is 0.243 e. The molecule has 4 rings (SSSR count). The molecule has 0 aromatic heterocycles. The summed E-state index contributed by atoms with van der Waals surface area (Å²) in [7, 11) is 0. The molecule has 0 unspecified atom stereocenters. The third-order valence-corrected chi connectivity index (χ3v) is 8.05. The summed E-state index contributed by atoms with van der Waals surface area (Å²) in [6.07, 6.45) is 8.36. The van der Waals surface area contributed by atoms with Gasteiger partial charge >= 0.3 is 0 Å². The summed E-state index contributed by atoms with van der Waals surface area (Å²) in [5.41, 5.74) is 1.13. The van der Waals surface area contributed by atoms with Gasteiger partial charge in [0.25, 0.3) is 0 Å². The molecule has 3 fully saturated rings. The third-order valence-electron chi connectivity index (χ3n) is 5.93. The highest BCUT2D eigenvalue weighted by atomic mass is 79.9. The van der Waals surface area contributed by atoms with Crippen LogP contribution in [0.2, 0.25) is 0 Å². The molecule has 0 bridgehead atoms. The summed E-state index contributed by atoms with van der Waals surface area (Å²) in [5.74, 6) is 0.831. The van der Waals surface area contributed by atoms with Gasteiger partial charge in [0, 0.05) is 22.7 Å². The lowest BCUT2D eigenvalue weighted by Crippen LogP contribution is -2.52. The number of benzene rings is 1. The number of carbonyl (C=O) groups excluding carboxylic acids is 2. The zero-order valence-corrected chi connectivity index (χ0v) is 17.3. The molecule has 140 valence electrons. The largest absolute Gasteiger partial charge is 0.352 e. The Balaban J connectivity index is 1.54. The number of halogens is 1. The van der Waals surface area contributed by atoms with E-state index in [-0.39, 0.29) is 28.8 Å². The Morgan fingerprint density at radius 1 is 1.15 bits per heavy atom. The molecule has 1 aromatic rings. The van der Waals surface area contributed by atoms with E-state index in [2.05, 4.69) is 33.4 Å². The van der Waals surface area contributed by atoms with Crippen LogP contribution in [0.25, 0.3) is 0 Å². The maximum atomic E-state index is 13.0. The van der Waals surface area contributed by atoms with Gasteiger partial charge in [-0.05, 0) is 37.0 Å². The van der Waals surface area contributed by atoms with E-state index in [1.54, 1.807) is 11.8 Å². The minimum atomic E-state index is -0.372. The van der Waals surface area contributed by atoms with Crippen LogP contribution in [-0.4, -0.2) is 34.6 Å². The number of nitrogens with zero attached hydrogens (tertiary/aromatic N) is 1. The fourth-order valence-electron chi connectivity index (χ4n) is 4.57. The van der Waals surface area contributed by atoms with E-state index in [9.17, 15) is 9.59 Å². The van der Waals surface area contributed by atoms with Crippen molar-refractivity contribution in [3.8, 4) is 0 Å². The minimum absolute atomic E-state index is 0.0404. The molecule has 1 aromatic carbocycles. The number of hydrogen-bond donors (Lipinski definition) is 1. The molecule has 2 saturated heterocycles. The SMILES string of the molecule is O=C(NC1CCCCCC1)[C@@H]1CS[C@]2(c3ccc(Br)cc3)CCC(=O)N12. The van der Waals surface area contributed by atoms with Gasteiger partial charge in [-0.25, -0.2) is 0 Å². The van der Waals surface area contributed by atoms with E-state index in [0.29, 0.717) is 12.2 Å². The number of carbonyl (C=O) groups is 2. The third kappa shape index (κ3) is 3.31. The number of nitrogens with one attached hydrogen (secondary N) is 1. The summed E-state index contributed by atoms with van der Waals surface area (Å²) >= 11 is 5.24. The molecule has 6 heteroatoms. The van der Waals surface area contributed by atoms with E-state index >= 15 is 0 Å². The fraction of sp³-hybridized carbons (Fsp3) is 0.600. The van der Waals surface area contributed by atoms with Crippen LogP contribution in [-0.2, 0) is 14.5 Å². The zero-order valence-electron chi connectivity index (χ0n) is 14.9. The molecular weight excluding hydrogens is 412 g/mol. The fourth-order valence-corrected chi connectivity index (χ4v) is 6.48. The van der Waals surface area contributed by atoms with Crippen molar-refractivity contribution in [2.45, 2.75) is 68.3 Å². The Morgan fingerprint density at radius 3 is 2.54 bits per heavy atom. The molecule has 26 heavy (non-hydrogen) atoms. The molecule has 3 aliphatic rings. The molecule has 1 N–H and O–H groups in total. The predicted octanol–water partition coefficient (Wildman–Crippen LogP) is 4.18. The van der Waals surface area contributed by atoms with Crippen molar-refractivity contribution in [2.75, 3.05) is 5.75 Å². The number of hydrogen-bond acceptors (Lipinski definition) is 3. The normalized spacial score (nSPS) is 29.5. The molecule has 0 spiro atoms. The first-order chi connectivity index (χ1) is 12.6. The summed E-state index contributed by atoms with van der Waals surface area (Å²) in [4.78, 5) is 27.2. The predicted molar refractivity (Wildman–Crippen MR) is 108 cm³/mol. The Kier molecular flexibility index (Phi) is 5.33. The van der Waals surface area contributed by atoms with Crippen LogP contribution in [0.15, 0.2) is 28.7 Å². The molecule has 4 nitrogen and oxygen atoms in total. The lowest BCUT2D eigenvalue weighted by atomic mass is 10.0. The number of fused-ring (bicyclic) bond motifs is 1. The van der Waals surface area contributed by atoms with E-state index in [4.69, 9.17) is 0 Å². The number of amides is 2. The maximum absolute atomic E-state index is 13.0. The molecule has 2 atom stereocenters. The second-order valence-electron chi connectivity index (χ2n) is 7.58. The van der Waals surface area contributed by atoms with Crippen LogP contribution in [0.4, 0.5) is 0 Å².